The number of carbonyl (C=O) groups excluding carboxylic acids is 1. The van der Waals surface area contributed by atoms with E-state index in [1.807, 2.05) is 12.1 Å². The van der Waals surface area contributed by atoms with Gasteiger partial charge in [0.25, 0.3) is 0 Å². The number of hydrogen-bond donors (Lipinski definition) is 1. The number of aromatic nitrogens is 1. The van der Waals surface area contributed by atoms with E-state index in [4.69, 9.17) is 28.9 Å². The number of nitrogens with two attached hydrogens (primary N) is 1. The minimum atomic E-state index is -0.631. The monoisotopic (exact) mass is 335 g/mol. The van der Waals surface area contributed by atoms with Crippen molar-refractivity contribution in [3.63, 3.8) is 0 Å². The zero-order valence-electron chi connectivity index (χ0n) is 11.8. The maximum atomic E-state index is 12.5. The highest BCUT2D eigenvalue weighted by molar-refractivity contribution is 6.35. The summed E-state index contributed by atoms with van der Waals surface area (Å²) in [5.41, 5.74) is 8.90. The summed E-state index contributed by atoms with van der Waals surface area (Å²) in [6, 6.07) is 8.43. The number of carbonyl (C=O) groups is 1. The van der Waals surface area contributed by atoms with Gasteiger partial charge in [-0.25, -0.2) is 0 Å². The Kier molecular flexibility index (Phi) is 4.34. The Balaban J connectivity index is 1.68. The Morgan fingerprint density at radius 2 is 2.14 bits per heavy atom. The molecule has 1 amide bonds. The smallest absolute Gasteiger partial charge is 0.240 e. The minimum absolute atomic E-state index is 0.0935. The molecule has 4 nitrogen and oxygen atoms in total. The van der Waals surface area contributed by atoms with Gasteiger partial charge >= 0.3 is 0 Å². The van der Waals surface area contributed by atoms with Gasteiger partial charge in [-0.2, -0.15) is 0 Å². The lowest BCUT2D eigenvalue weighted by Gasteiger charge is -2.20. The molecule has 1 aliphatic heterocycles. The molecule has 0 fully saturated rings. The fourth-order valence-corrected chi connectivity index (χ4v) is 3.09. The van der Waals surface area contributed by atoms with Crippen LogP contribution in [0.2, 0.25) is 10.0 Å². The van der Waals surface area contributed by atoms with Gasteiger partial charge in [0.2, 0.25) is 5.91 Å². The van der Waals surface area contributed by atoms with E-state index in [-0.39, 0.29) is 5.91 Å². The second kappa shape index (κ2) is 6.24. The molecular formula is C16H15Cl2N3O. The molecule has 2 aromatic rings. The zero-order valence-corrected chi connectivity index (χ0v) is 13.3. The highest BCUT2D eigenvalue weighted by atomic mass is 35.5. The summed E-state index contributed by atoms with van der Waals surface area (Å²) in [5.74, 6) is -0.0935. The zero-order chi connectivity index (χ0) is 15.7. The Morgan fingerprint density at radius 1 is 1.32 bits per heavy atom. The molecule has 0 bridgehead atoms. The van der Waals surface area contributed by atoms with Crippen molar-refractivity contribution in [3.05, 3.63) is 63.4 Å². The predicted octanol–water partition coefficient (Wildman–Crippen LogP) is 2.80. The average Bonchev–Trinajstić information content (AvgIpc) is 2.93. The van der Waals surface area contributed by atoms with Gasteiger partial charge in [-0.05, 0) is 35.7 Å². The lowest BCUT2D eigenvalue weighted by Crippen LogP contribution is -2.42. The van der Waals surface area contributed by atoms with Gasteiger partial charge in [0.1, 0.15) is 0 Å². The van der Waals surface area contributed by atoms with Gasteiger partial charge in [-0.3, -0.25) is 9.78 Å². The third-order valence-corrected chi connectivity index (χ3v) is 4.36. The van der Waals surface area contributed by atoms with Crippen LogP contribution in [-0.4, -0.2) is 21.8 Å². The molecule has 1 aromatic heterocycles. The summed E-state index contributed by atoms with van der Waals surface area (Å²) in [6.07, 6.45) is 2.12. The topological polar surface area (TPSA) is 59.2 Å². The molecule has 3 rings (SSSR count). The van der Waals surface area contributed by atoms with Crippen molar-refractivity contribution in [2.75, 3.05) is 0 Å². The number of amides is 1. The van der Waals surface area contributed by atoms with Gasteiger partial charge in [0, 0.05) is 22.8 Å². The molecule has 6 heteroatoms. The molecule has 0 saturated heterocycles. The van der Waals surface area contributed by atoms with Gasteiger partial charge < -0.3 is 10.6 Å². The summed E-state index contributed by atoms with van der Waals surface area (Å²) in [6.45, 7) is 1.07. The van der Waals surface area contributed by atoms with Crippen LogP contribution in [-0.2, 0) is 24.3 Å². The largest absolute Gasteiger partial charge is 0.331 e. The molecule has 1 unspecified atom stereocenters. The summed E-state index contributed by atoms with van der Waals surface area (Å²) < 4.78 is 0. The SMILES string of the molecule is NC(Cc1ccc(Cl)cc1Cl)C(=O)N1Cc2cccnc2C1. The lowest BCUT2D eigenvalue weighted by molar-refractivity contribution is -0.133. The number of pyridine rings is 1. The summed E-state index contributed by atoms with van der Waals surface area (Å²) in [4.78, 5) is 18.5. The average molecular weight is 336 g/mol. The molecule has 22 heavy (non-hydrogen) atoms. The molecule has 0 spiro atoms. The molecule has 1 atom stereocenters. The van der Waals surface area contributed by atoms with Crippen molar-refractivity contribution in [1.29, 1.82) is 0 Å². The molecular weight excluding hydrogens is 321 g/mol. The van der Waals surface area contributed by atoms with E-state index >= 15 is 0 Å². The Bertz CT molecular complexity index is 695. The fourth-order valence-electron chi connectivity index (χ4n) is 2.60. The van der Waals surface area contributed by atoms with Crippen LogP contribution < -0.4 is 5.73 Å². The maximum Gasteiger partial charge on any atom is 0.240 e. The molecule has 1 aliphatic rings. The predicted molar refractivity (Wildman–Crippen MR) is 86.6 cm³/mol. The van der Waals surface area contributed by atoms with Crippen LogP contribution >= 0.6 is 23.2 Å². The van der Waals surface area contributed by atoms with Crippen molar-refractivity contribution in [3.8, 4) is 0 Å². The number of fused-ring (bicyclic) bond motifs is 1. The van der Waals surface area contributed by atoms with Crippen LogP contribution in [0.5, 0.6) is 0 Å². The number of halogens is 2. The Labute approximate surface area is 138 Å². The van der Waals surface area contributed by atoms with Crippen LogP contribution in [0.3, 0.4) is 0 Å². The fraction of sp³-hybridized carbons (Fsp3) is 0.250. The molecule has 0 aliphatic carbocycles. The van der Waals surface area contributed by atoms with E-state index in [1.165, 1.54) is 0 Å². The summed E-state index contributed by atoms with van der Waals surface area (Å²) in [7, 11) is 0. The van der Waals surface area contributed by atoms with Crippen molar-refractivity contribution >= 4 is 29.1 Å². The molecule has 114 valence electrons. The molecule has 0 saturated carbocycles. The second-order valence-corrected chi connectivity index (χ2v) is 6.19. The highest BCUT2D eigenvalue weighted by Crippen LogP contribution is 2.24. The molecule has 0 radical (unpaired) electrons. The van der Waals surface area contributed by atoms with Crippen molar-refractivity contribution in [2.24, 2.45) is 5.73 Å². The quantitative estimate of drug-likeness (QED) is 0.938. The number of nitrogens with zero attached hydrogens (tertiary/aromatic N) is 2. The van der Waals surface area contributed by atoms with E-state index in [0.717, 1.165) is 16.8 Å². The number of rotatable bonds is 3. The van der Waals surface area contributed by atoms with Gasteiger partial charge in [-0.15, -0.1) is 0 Å². The van der Waals surface area contributed by atoms with Crippen LogP contribution in [0, 0.1) is 0 Å². The first-order chi connectivity index (χ1) is 10.5. The van der Waals surface area contributed by atoms with Crippen molar-refractivity contribution in [2.45, 2.75) is 25.6 Å². The van der Waals surface area contributed by atoms with Gasteiger partial charge in [-0.1, -0.05) is 35.3 Å². The van der Waals surface area contributed by atoms with Crippen LogP contribution in [0.1, 0.15) is 16.8 Å². The van der Waals surface area contributed by atoms with E-state index in [1.54, 1.807) is 29.3 Å². The standard InChI is InChI=1S/C16H15Cl2N3O/c17-12-4-3-10(13(18)7-12)6-14(19)16(22)21-8-11-2-1-5-20-15(11)9-21/h1-5,7,14H,6,8-9,19H2. The molecule has 2 heterocycles. The van der Waals surface area contributed by atoms with Crippen LogP contribution in [0.15, 0.2) is 36.5 Å². The first-order valence-electron chi connectivity index (χ1n) is 6.95. The Morgan fingerprint density at radius 3 is 2.86 bits per heavy atom. The Hall–Kier alpha value is -1.62. The first kappa shape index (κ1) is 15.3. The summed E-state index contributed by atoms with van der Waals surface area (Å²) >= 11 is 12.0. The number of hydrogen-bond acceptors (Lipinski definition) is 3. The van der Waals surface area contributed by atoms with Crippen LogP contribution in [0.25, 0.3) is 0 Å². The third-order valence-electron chi connectivity index (χ3n) is 3.77. The number of benzene rings is 1. The van der Waals surface area contributed by atoms with E-state index < -0.39 is 6.04 Å². The first-order valence-corrected chi connectivity index (χ1v) is 7.71. The molecule has 1 aromatic carbocycles. The normalized spacial score (nSPS) is 14.8. The van der Waals surface area contributed by atoms with E-state index in [9.17, 15) is 4.79 Å². The molecule has 2 N–H and O–H groups in total. The van der Waals surface area contributed by atoms with Crippen LogP contribution in [0.4, 0.5) is 0 Å². The maximum absolute atomic E-state index is 12.5. The summed E-state index contributed by atoms with van der Waals surface area (Å²) in [5, 5.41) is 1.09. The minimum Gasteiger partial charge on any atom is -0.331 e. The van der Waals surface area contributed by atoms with Gasteiger partial charge in [0.05, 0.1) is 18.3 Å². The van der Waals surface area contributed by atoms with Crippen molar-refractivity contribution < 1.29 is 4.79 Å². The van der Waals surface area contributed by atoms with E-state index in [0.29, 0.717) is 29.6 Å². The highest BCUT2D eigenvalue weighted by Gasteiger charge is 2.28. The third kappa shape index (κ3) is 3.09. The van der Waals surface area contributed by atoms with E-state index in [2.05, 4.69) is 4.98 Å². The lowest BCUT2D eigenvalue weighted by atomic mass is 10.1. The van der Waals surface area contributed by atoms with Crippen molar-refractivity contribution in [1.82, 2.24) is 9.88 Å². The second-order valence-electron chi connectivity index (χ2n) is 5.35. The van der Waals surface area contributed by atoms with Gasteiger partial charge in [0.15, 0.2) is 0 Å².